The minimum atomic E-state index is -0.0516. The van der Waals surface area contributed by atoms with Crippen molar-refractivity contribution in [3.8, 4) is 23.4 Å². The van der Waals surface area contributed by atoms with E-state index in [9.17, 15) is 4.79 Å². The number of ketones is 1. The SMILES string of the molecule is Cc1cnc(Nc2cnn(CC#N)c2)nc1-c1ccc(C(=O)CCC#N)cc1. The van der Waals surface area contributed by atoms with Crippen LogP contribution in [0.4, 0.5) is 11.6 Å². The molecule has 8 heteroatoms. The van der Waals surface area contributed by atoms with Gasteiger partial charge in [-0.05, 0) is 12.5 Å². The average Bonchev–Trinajstić information content (AvgIpc) is 3.15. The van der Waals surface area contributed by atoms with E-state index in [2.05, 4.69) is 20.4 Å². The molecule has 28 heavy (non-hydrogen) atoms. The van der Waals surface area contributed by atoms with Crippen LogP contribution in [-0.2, 0) is 6.54 Å². The van der Waals surface area contributed by atoms with Gasteiger partial charge < -0.3 is 5.32 Å². The van der Waals surface area contributed by atoms with E-state index in [0.717, 1.165) is 16.8 Å². The molecule has 0 aliphatic carbocycles. The van der Waals surface area contributed by atoms with Crippen LogP contribution >= 0.6 is 0 Å². The van der Waals surface area contributed by atoms with E-state index in [0.29, 0.717) is 17.2 Å². The van der Waals surface area contributed by atoms with Gasteiger partial charge in [0.1, 0.15) is 6.54 Å². The second-order valence-electron chi connectivity index (χ2n) is 6.09. The van der Waals surface area contributed by atoms with E-state index < -0.39 is 0 Å². The average molecular weight is 371 g/mol. The van der Waals surface area contributed by atoms with E-state index in [1.807, 2.05) is 31.2 Å². The fourth-order valence-corrected chi connectivity index (χ4v) is 2.64. The summed E-state index contributed by atoms with van der Waals surface area (Å²) in [7, 11) is 0. The minimum Gasteiger partial charge on any atom is -0.321 e. The molecule has 2 aromatic heterocycles. The summed E-state index contributed by atoms with van der Waals surface area (Å²) in [4.78, 5) is 20.9. The first kappa shape index (κ1) is 18.7. The van der Waals surface area contributed by atoms with Crippen molar-refractivity contribution in [2.45, 2.75) is 26.3 Å². The summed E-state index contributed by atoms with van der Waals surface area (Å²) in [5, 5.41) is 24.5. The number of aryl methyl sites for hydroxylation is 1. The van der Waals surface area contributed by atoms with Gasteiger partial charge in [0.05, 0.1) is 29.7 Å². The van der Waals surface area contributed by atoms with Gasteiger partial charge in [0.2, 0.25) is 5.95 Å². The van der Waals surface area contributed by atoms with Crippen molar-refractivity contribution in [3.63, 3.8) is 0 Å². The van der Waals surface area contributed by atoms with Crippen LogP contribution in [0, 0.1) is 29.6 Å². The number of hydrogen-bond acceptors (Lipinski definition) is 7. The highest BCUT2D eigenvalue weighted by molar-refractivity contribution is 5.96. The number of carbonyl (C=O) groups excluding carboxylic acids is 1. The number of carbonyl (C=O) groups is 1. The van der Waals surface area contributed by atoms with Gasteiger partial charge >= 0.3 is 0 Å². The number of anilines is 2. The predicted octanol–water partition coefficient (Wildman–Crippen LogP) is 3.40. The van der Waals surface area contributed by atoms with Crippen molar-refractivity contribution in [1.82, 2.24) is 19.7 Å². The predicted molar refractivity (Wildman–Crippen MR) is 103 cm³/mol. The van der Waals surface area contributed by atoms with Gasteiger partial charge in [0.15, 0.2) is 5.78 Å². The summed E-state index contributed by atoms with van der Waals surface area (Å²) in [6, 6.07) is 11.2. The molecule has 138 valence electrons. The van der Waals surface area contributed by atoms with Gasteiger partial charge in [0.25, 0.3) is 0 Å². The summed E-state index contributed by atoms with van der Waals surface area (Å²) in [5.74, 6) is 0.357. The molecule has 8 nitrogen and oxygen atoms in total. The number of nitrogens with zero attached hydrogens (tertiary/aromatic N) is 6. The van der Waals surface area contributed by atoms with Crippen molar-refractivity contribution in [3.05, 3.63) is 54.0 Å². The Balaban J connectivity index is 1.80. The van der Waals surface area contributed by atoms with Crippen LogP contribution in [0.1, 0.15) is 28.8 Å². The van der Waals surface area contributed by atoms with Gasteiger partial charge in [-0.1, -0.05) is 24.3 Å². The quantitative estimate of drug-likeness (QED) is 0.632. The Labute approximate surface area is 162 Å². The van der Waals surface area contributed by atoms with Crippen molar-refractivity contribution >= 4 is 17.4 Å². The molecule has 1 aromatic carbocycles. The Bertz CT molecular complexity index is 1070. The first-order valence-corrected chi connectivity index (χ1v) is 8.61. The van der Waals surface area contributed by atoms with Gasteiger partial charge in [-0.25, -0.2) is 9.97 Å². The molecule has 0 aliphatic heterocycles. The smallest absolute Gasteiger partial charge is 0.227 e. The third kappa shape index (κ3) is 4.37. The van der Waals surface area contributed by atoms with Gasteiger partial charge in [-0.3, -0.25) is 9.48 Å². The summed E-state index contributed by atoms with van der Waals surface area (Å²) < 4.78 is 1.51. The maximum absolute atomic E-state index is 12.0. The fourth-order valence-electron chi connectivity index (χ4n) is 2.64. The molecule has 0 fully saturated rings. The summed E-state index contributed by atoms with van der Waals surface area (Å²) in [6.45, 7) is 2.08. The molecule has 3 rings (SSSR count). The molecule has 0 amide bonds. The highest BCUT2D eigenvalue weighted by Gasteiger charge is 2.10. The van der Waals surface area contributed by atoms with Gasteiger partial charge in [-0.15, -0.1) is 0 Å². The normalized spacial score (nSPS) is 10.1. The lowest BCUT2D eigenvalue weighted by Gasteiger charge is -2.09. The van der Waals surface area contributed by atoms with Crippen LogP contribution in [0.2, 0.25) is 0 Å². The molecular formula is C20H17N7O. The van der Waals surface area contributed by atoms with E-state index in [1.165, 1.54) is 4.68 Å². The number of nitrogens with one attached hydrogen (secondary N) is 1. The van der Waals surface area contributed by atoms with Crippen molar-refractivity contribution in [2.75, 3.05) is 5.32 Å². The Hall–Kier alpha value is -4.04. The second-order valence-corrected chi connectivity index (χ2v) is 6.09. The van der Waals surface area contributed by atoms with Gasteiger partial charge in [0, 0.05) is 36.4 Å². The molecule has 0 spiro atoms. The molecule has 0 radical (unpaired) electrons. The first-order chi connectivity index (χ1) is 13.6. The lowest BCUT2D eigenvalue weighted by atomic mass is 10.0. The summed E-state index contributed by atoms with van der Waals surface area (Å²) >= 11 is 0. The summed E-state index contributed by atoms with van der Waals surface area (Å²) in [6.07, 6.45) is 5.45. The zero-order valence-corrected chi connectivity index (χ0v) is 15.3. The lowest BCUT2D eigenvalue weighted by molar-refractivity contribution is 0.0984. The maximum Gasteiger partial charge on any atom is 0.227 e. The van der Waals surface area contributed by atoms with Gasteiger partial charge in [-0.2, -0.15) is 15.6 Å². The molecule has 0 saturated carbocycles. The largest absolute Gasteiger partial charge is 0.321 e. The van der Waals surface area contributed by atoms with E-state index in [1.54, 1.807) is 30.7 Å². The number of nitriles is 2. The van der Waals surface area contributed by atoms with Crippen molar-refractivity contribution in [2.24, 2.45) is 0 Å². The first-order valence-electron chi connectivity index (χ1n) is 8.61. The van der Waals surface area contributed by atoms with Crippen LogP contribution in [0.3, 0.4) is 0 Å². The van der Waals surface area contributed by atoms with Crippen LogP contribution < -0.4 is 5.32 Å². The molecule has 0 unspecified atom stereocenters. The Kier molecular flexibility index (Phi) is 5.73. The Morgan fingerprint density at radius 1 is 1.18 bits per heavy atom. The molecular weight excluding hydrogens is 354 g/mol. The minimum absolute atomic E-state index is 0.0516. The van der Waals surface area contributed by atoms with Crippen LogP contribution in [0.5, 0.6) is 0 Å². The molecule has 0 bridgehead atoms. The highest BCUT2D eigenvalue weighted by atomic mass is 16.1. The number of rotatable bonds is 7. The maximum atomic E-state index is 12.0. The number of benzene rings is 1. The number of Topliss-reactive ketones (excluding diaryl/α,β-unsaturated/α-hetero) is 1. The zero-order chi connectivity index (χ0) is 19.9. The molecule has 0 atom stereocenters. The highest BCUT2D eigenvalue weighted by Crippen LogP contribution is 2.24. The summed E-state index contributed by atoms with van der Waals surface area (Å²) in [5.41, 5.74) is 3.77. The Morgan fingerprint density at radius 2 is 1.96 bits per heavy atom. The Morgan fingerprint density at radius 3 is 2.68 bits per heavy atom. The number of aromatic nitrogens is 4. The molecule has 3 aromatic rings. The molecule has 1 N–H and O–H groups in total. The van der Waals surface area contributed by atoms with E-state index in [4.69, 9.17) is 10.5 Å². The van der Waals surface area contributed by atoms with Crippen LogP contribution in [0.25, 0.3) is 11.3 Å². The monoisotopic (exact) mass is 371 g/mol. The number of hydrogen-bond donors (Lipinski definition) is 1. The topological polar surface area (TPSA) is 120 Å². The molecule has 0 aliphatic rings. The second kappa shape index (κ2) is 8.56. The van der Waals surface area contributed by atoms with E-state index >= 15 is 0 Å². The third-order valence-corrected chi connectivity index (χ3v) is 4.04. The lowest BCUT2D eigenvalue weighted by Crippen LogP contribution is -2.01. The van der Waals surface area contributed by atoms with Crippen LogP contribution in [-0.4, -0.2) is 25.5 Å². The third-order valence-electron chi connectivity index (χ3n) is 4.04. The fraction of sp³-hybridized carbons (Fsp3) is 0.200. The van der Waals surface area contributed by atoms with E-state index in [-0.39, 0.29) is 25.2 Å². The van der Waals surface area contributed by atoms with Crippen LogP contribution in [0.15, 0.2) is 42.9 Å². The standard InChI is InChI=1S/C20H17N7O/c1-14-11-23-20(25-17-12-24-27(13-17)10-9-22)26-19(14)16-6-4-15(5-7-16)18(28)3-2-8-21/h4-7,11-13H,2-3,10H2,1H3,(H,23,25,26). The molecule has 2 heterocycles. The zero-order valence-electron chi connectivity index (χ0n) is 15.3. The molecule has 0 saturated heterocycles. The van der Waals surface area contributed by atoms with Crippen molar-refractivity contribution in [1.29, 1.82) is 10.5 Å². The van der Waals surface area contributed by atoms with Crippen molar-refractivity contribution < 1.29 is 4.79 Å².